The SMILES string of the molecule is CN=C(NCc1cccc(NC(=O)c2ccco2)c1)NCc1ccc2c(c1)OCO2. The highest BCUT2D eigenvalue weighted by Crippen LogP contribution is 2.32. The molecule has 0 bridgehead atoms. The van der Waals surface area contributed by atoms with E-state index in [1.165, 1.54) is 6.26 Å². The second-order valence-electron chi connectivity index (χ2n) is 6.60. The van der Waals surface area contributed by atoms with Crippen LogP contribution in [0, 0.1) is 0 Å². The molecule has 3 aromatic rings. The molecular weight excluding hydrogens is 384 g/mol. The van der Waals surface area contributed by atoms with E-state index in [2.05, 4.69) is 20.9 Å². The summed E-state index contributed by atoms with van der Waals surface area (Å²) in [6.07, 6.45) is 1.47. The molecule has 8 nitrogen and oxygen atoms in total. The van der Waals surface area contributed by atoms with Gasteiger partial charge in [-0.05, 0) is 47.5 Å². The molecule has 0 aliphatic carbocycles. The van der Waals surface area contributed by atoms with Crippen molar-refractivity contribution in [1.82, 2.24) is 10.6 Å². The van der Waals surface area contributed by atoms with Crippen molar-refractivity contribution in [3.63, 3.8) is 0 Å². The molecule has 0 unspecified atom stereocenters. The van der Waals surface area contributed by atoms with Crippen molar-refractivity contribution in [2.45, 2.75) is 13.1 Å². The van der Waals surface area contributed by atoms with Crippen molar-refractivity contribution in [3.05, 3.63) is 77.7 Å². The molecule has 0 radical (unpaired) electrons. The number of ether oxygens (including phenoxy) is 2. The van der Waals surface area contributed by atoms with E-state index in [4.69, 9.17) is 13.9 Å². The summed E-state index contributed by atoms with van der Waals surface area (Å²) in [5, 5.41) is 9.37. The van der Waals surface area contributed by atoms with Crippen LogP contribution in [0.15, 0.2) is 70.3 Å². The van der Waals surface area contributed by atoms with Crippen LogP contribution in [-0.4, -0.2) is 25.7 Å². The van der Waals surface area contributed by atoms with Crippen molar-refractivity contribution < 1.29 is 18.7 Å². The molecule has 1 amide bonds. The summed E-state index contributed by atoms with van der Waals surface area (Å²) in [6.45, 7) is 1.40. The van der Waals surface area contributed by atoms with Gasteiger partial charge in [-0.3, -0.25) is 9.79 Å². The van der Waals surface area contributed by atoms with E-state index in [9.17, 15) is 4.79 Å². The average molecular weight is 406 g/mol. The van der Waals surface area contributed by atoms with Crippen molar-refractivity contribution in [1.29, 1.82) is 0 Å². The van der Waals surface area contributed by atoms with Gasteiger partial charge in [0.25, 0.3) is 5.91 Å². The number of amides is 1. The molecule has 1 aromatic heterocycles. The maximum atomic E-state index is 12.1. The Balaban J connectivity index is 1.30. The maximum absolute atomic E-state index is 12.1. The molecule has 0 saturated heterocycles. The van der Waals surface area contributed by atoms with Gasteiger partial charge in [0.15, 0.2) is 23.2 Å². The highest BCUT2D eigenvalue weighted by Gasteiger charge is 2.13. The largest absolute Gasteiger partial charge is 0.459 e. The topological polar surface area (TPSA) is 97.1 Å². The molecule has 154 valence electrons. The lowest BCUT2D eigenvalue weighted by Gasteiger charge is -2.13. The Bertz CT molecular complexity index is 1050. The molecule has 1 aliphatic heterocycles. The number of anilines is 1. The third kappa shape index (κ3) is 4.72. The number of nitrogens with one attached hydrogen (secondary N) is 3. The van der Waals surface area contributed by atoms with Crippen LogP contribution in [0.25, 0.3) is 0 Å². The predicted molar refractivity (Wildman–Crippen MR) is 113 cm³/mol. The lowest BCUT2D eigenvalue weighted by Crippen LogP contribution is -2.36. The molecule has 0 spiro atoms. The van der Waals surface area contributed by atoms with Gasteiger partial charge in [-0.15, -0.1) is 0 Å². The number of carbonyl (C=O) groups is 1. The molecule has 3 N–H and O–H groups in total. The average Bonchev–Trinajstić information content (AvgIpc) is 3.46. The first-order valence-electron chi connectivity index (χ1n) is 9.48. The second-order valence-corrected chi connectivity index (χ2v) is 6.60. The first-order valence-corrected chi connectivity index (χ1v) is 9.48. The fourth-order valence-corrected chi connectivity index (χ4v) is 3.00. The van der Waals surface area contributed by atoms with Crippen LogP contribution >= 0.6 is 0 Å². The Kier molecular flexibility index (Phi) is 5.84. The lowest BCUT2D eigenvalue weighted by atomic mass is 10.2. The zero-order valence-corrected chi connectivity index (χ0v) is 16.5. The van der Waals surface area contributed by atoms with Gasteiger partial charge in [0.2, 0.25) is 6.79 Å². The first kappa shape index (κ1) is 19.4. The van der Waals surface area contributed by atoms with Crippen LogP contribution in [-0.2, 0) is 13.1 Å². The first-order chi connectivity index (χ1) is 14.7. The van der Waals surface area contributed by atoms with Crippen LogP contribution in [0.4, 0.5) is 5.69 Å². The van der Waals surface area contributed by atoms with Gasteiger partial charge in [-0.1, -0.05) is 18.2 Å². The third-order valence-corrected chi connectivity index (χ3v) is 4.51. The van der Waals surface area contributed by atoms with Gasteiger partial charge in [0, 0.05) is 25.8 Å². The summed E-state index contributed by atoms with van der Waals surface area (Å²) in [7, 11) is 1.72. The van der Waals surface area contributed by atoms with Crippen LogP contribution in [0.2, 0.25) is 0 Å². The molecule has 2 aromatic carbocycles. The van der Waals surface area contributed by atoms with Crippen molar-refractivity contribution in [2.75, 3.05) is 19.2 Å². The monoisotopic (exact) mass is 406 g/mol. The molecule has 4 rings (SSSR count). The van der Waals surface area contributed by atoms with E-state index in [0.717, 1.165) is 22.6 Å². The minimum atomic E-state index is -0.286. The lowest BCUT2D eigenvalue weighted by molar-refractivity contribution is 0.0996. The van der Waals surface area contributed by atoms with E-state index in [-0.39, 0.29) is 18.5 Å². The molecule has 2 heterocycles. The molecule has 8 heteroatoms. The Morgan fingerprint density at radius 1 is 0.967 bits per heavy atom. The van der Waals surface area contributed by atoms with Crippen molar-refractivity contribution >= 4 is 17.6 Å². The zero-order chi connectivity index (χ0) is 20.8. The second kappa shape index (κ2) is 9.04. The molecule has 0 saturated carbocycles. The zero-order valence-electron chi connectivity index (χ0n) is 16.5. The summed E-state index contributed by atoms with van der Waals surface area (Å²) >= 11 is 0. The Labute approximate surface area is 173 Å². The predicted octanol–water partition coefficient (Wildman–Crippen LogP) is 3.13. The summed E-state index contributed by atoms with van der Waals surface area (Å²) in [6, 6.07) is 16.7. The normalized spacial score (nSPS) is 12.5. The van der Waals surface area contributed by atoms with Gasteiger partial charge in [0.05, 0.1) is 6.26 Å². The maximum Gasteiger partial charge on any atom is 0.291 e. The summed E-state index contributed by atoms with van der Waals surface area (Å²) in [4.78, 5) is 16.4. The molecule has 1 aliphatic rings. The number of rotatable bonds is 6. The molecule has 0 fully saturated rings. The summed E-state index contributed by atoms with van der Waals surface area (Å²) in [5.41, 5.74) is 2.75. The van der Waals surface area contributed by atoms with Crippen LogP contribution in [0.5, 0.6) is 11.5 Å². The van der Waals surface area contributed by atoms with Crippen LogP contribution in [0.1, 0.15) is 21.7 Å². The number of fused-ring (bicyclic) bond motifs is 1. The van der Waals surface area contributed by atoms with Crippen molar-refractivity contribution in [2.24, 2.45) is 4.99 Å². The number of aliphatic imine (C=N–C) groups is 1. The van der Waals surface area contributed by atoms with E-state index in [0.29, 0.717) is 24.7 Å². The highest BCUT2D eigenvalue weighted by molar-refractivity contribution is 6.02. The van der Waals surface area contributed by atoms with Gasteiger partial charge in [0.1, 0.15) is 0 Å². The standard InChI is InChI=1S/C22H22N4O4/c1-23-22(25-13-16-7-8-18-20(11-16)30-14-29-18)24-12-15-4-2-5-17(10-15)26-21(27)19-6-3-9-28-19/h2-11H,12-14H2,1H3,(H,26,27)(H2,23,24,25). The molecular formula is C22H22N4O4. The van der Waals surface area contributed by atoms with E-state index in [1.807, 2.05) is 42.5 Å². The van der Waals surface area contributed by atoms with Gasteiger partial charge in [-0.25, -0.2) is 0 Å². The highest BCUT2D eigenvalue weighted by atomic mass is 16.7. The Morgan fingerprint density at radius 3 is 2.53 bits per heavy atom. The minimum Gasteiger partial charge on any atom is -0.459 e. The molecule has 0 atom stereocenters. The van der Waals surface area contributed by atoms with Crippen molar-refractivity contribution in [3.8, 4) is 11.5 Å². The fraction of sp³-hybridized carbons (Fsp3) is 0.182. The fourth-order valence-electron chi connectivity index (χ4n) is 3.00. The molecule has 30 heavy (non-hydrogen) atoms. The van der Waals surface area contributed by atoms with Crippen LogP contribution < -0.4 is 25.4 Å². The van der Waals surface area contributed by atoms with Gasteiger partial charge >= 0.3 is 0 Å². The quantitative estimate of drug-likeness (QED) is 0.430. The summed E-state index contributed by atoms with van der Waals surface area (Å²) < 4.78 is 15.9. The smallest absolute Gasteiger partial charge is 0.291 e. The number of benzene rings is 2. The summed E-state index contributed by atoms with van der Waals surface area (Å²) in [5.74, 6) is 2.17. The van der Waals surface area contributed by atoms with E-state index < -0.39 is 0 Å². The van der Waals surface area contributed by atoms with E-state index in [1.54, 1.807) is 19.2 Å². The Morgan fingerprint density at radius 2 is 1.77 bits per heavy atom. The van der Waals surface area contributed by atoms with Crippen LogP contribution in [0.3, 0.4) is 0 Å². The number of guanidine groups is 1. The Hall–Kier alpha value is -3.94. The van der Waals surface area contributed by atoms with E-state index >= 15 is 0 Å². The third-order valence-electron chi connectivity index (χ3n) is 4.51. The number of furan rings is 1. The number of carbonyl (C=O) groups excluding carboxylic acids is 1. The van der Waals surface area contributed by atoms with Gasteiger partial charge < -0.3 is 29.8 Å². The number of hydrogen-bond acceptors (Lipinski definition) is 5. The minimum absolute atomic E-state index is 0.260. The van der Waals surface area contributed by atoms with Gasteiger partial charge in [-0.2, -0.15) is 0 Å². The number of nitrogens with zero attached hydrogens (tertiary/aromatic N) is 1. The number of hydrogen-bond donors (Lipinski definition) is 3.